The second kappa shape index (κ2) is 5.42. The molecule has 0 aromatic heterocycles. The maximum atomic E-state index is 9.86. The molecular formula is C15H21N3O2. The van der Waals surface area contributed by atoms with Crippen LogP contribution in [-0.4, -0.2) is 39.2 Å². The number of amidine groups is 1. The van der Waals surface area contributed by atoms with Crippen molar-refractivity contribution in [3.8, 4) is 0 Å². The van der Waals surface area contributed by atoms with E-state index >= 15 is 0 Å². The highest BCUT2D eigenvalue weighted by molar-refractivity contribution is 5.98. The molecule has 4 N–H and O–H groups in total. The Kier molecular flexibility index (Phi) is 3.63. The van der Waals surface area contributed by atoms with Gasteiger partial charge in [0, 0.05) is 24.2 Å². The van der Waals surface area contributed by atoms with E-state index in [0.717, 1.165) is 43.4 Å². The molecule has 0 amide bonds. The van der Waals surface area contributed by atoms with Crippen LogP contribution in [0.25, 0.3) is 0 Å². The van der Waals surface area contributed by atoms with E-state index in [1.165, 1.54) is 0 Å². The fraction of sp³-hybridized carbons (Fsp3) is 0.533. The van der Waals surface area contributed by atoms with Crippen LogP contribution in [-0.2, 0) is 6.54 Å². The zero-order chi connectivity index (χ0) is 14.1. The highest BCUT2D eigenvalue weighted by atomic mass is 16.4. The first-order valence-electron chi connectivity index (χ1n) is 7.18. The molecule has 0 radical (unpaired) electrons. The van der Waals surface area contributed by atoms with Crippen LogP contribution in [0, 0.1) is 0 Å². The molecule has 2 atom stereocenters. The van der Waals surface area contributed by atoms with Gasteiger partial charge in [0.05, 0.1) is 6.10 Å². The molecule has 2 fully saturated rings. The van der Waals surface area contributed by atoms with Gasteiger partial charge in [-0.05, 0) is 31.2 Å². The minimum Gasteiger partial charge on any atom is -0.409 e. The summed E-state index contributed by atoms with van der Waals surface area (Å²) in [5, 5.41) is 21.9. The van der Waals surface area contributed by atoms with Crippen molar-refractivity contribution in [3.63, 3.8) is 0 Å². The molecule has 0 spiro atoms. The number of aliphatic hydroxyl groups is 1. The maximum Gasteiger partial charge on any atom is 0.170 e. The lowest BCUT2D eigenvalue weighted by Crippen LogP contribution is -2.44. The van der Waals surface area contributed by atoms with E-state index in [1.54, 1.807) is 0 Å². The summed E-state index contributed by atoms with van der Waals surface area (Å²) >= 11 is 0. The molecule has 1 aromatic carbocycles. The van der Waals surface area contributed by atoms with Crippen LogP contribution in [0.3, 0.4) is 0 Å². The molecule has 0 saturated carbocycles. The number of rotatable bonds is 3. The molecule has 0 aliphatic carbocycles. The fourth-order valence-corrected chi connectivity index (χ4v) is 3.66. The number of benzene rings is 1. The fourth-order valence-electron chi connectivity index (χ4n) is 3.66. The lowest BCUT2D eigenvalue weighted by atomic mass is 9.98. The molecule has 2 heterocycles. The van der Waals surface area contributed by atoms with Crippen molar-refractivity contribution in [2.24, 2.45) is 10.9 Å². The third kappa shape index (κ3) is 2.39. The van der Waals surface area contributed by atoms with Crippen LogP contribution >= 0.6 is 0 Å². The van der Waals surface area contributed by atoms with Crippen LogP contribution in [0.2, 0.25) is 0 Å². The third-order valence-electron chi connectivity index (χ3n) is 4.61. The van der Waals surface area contributed by atoms with Crippen LogP contribution < -0.4 is 5.73 Å². The molecule has 1 aromatic rings. The summed E-state index contributed by atoms with van der Waals surface area (Å²) in [6.07, 6.45) is 3.90. The summed E-state index contributed by atoms with van der Waals surface area (Å²) in [6.45, 7) is 0.800. The third-order valence-corrected chi connectivity index (χ3v) is 4.61. The first-order valence-corrected chi connectivity index (χ1v) is 7.18. The summed E-state index contributed by atoms with van der Waals surface area (Å²) in [7, 11) is 0. The molecule has 2 aliphatic heterocycles. The SMILES string of the molecule is NC(=NO)c1ccccc1CN1C2CCC1CC(O)C2. The van der Waals surface area contributed by atoms with Gasteiger partial charge in [0.2, 0.25) is 0 Å². The summed E-state index contributed by atoms with van der Waals surface area (Å²) < 4.78 is 0. The van der Waals surface area contributed by atoms with Gasteiger partial charge < -0.3 is 16.0 Å². The second-order valence-corrected chi connectivity index (χ2v) is 5.82. The Morgan fingerprint density at radius 1 is 1.25 bits per heavy atom. The van der Waals surface area contributed by atoms with Crippen molar-refractivity contribution >= 4 is 5.84 Å². The number of hydrogen-bond donors (Lipinski definition) is 3. The number of oxime groups is 1. The van der Waals surface area contributed by atoms with Crippen LogP contribution in [0.5, 0.6) is 0 Å². The molecule has 3 rings (SSSR count). The Hall–Kier alpha value is -1.59. The molecule has 2 aliphatic rings. The molecule has 5 heteroatoms. The van der Waals surface area contributed by atoms with Crippen molar-refractivity contribution in [3.05, 3.63) is 35.4 Å². The number of hydrogen-bond acceptors (Lipinski definition) is 4. The Morgan fingerprint density at radius 2 is 1.90 bits per heavy atom. The second-order valence-electron chi connectivity index (χ2n) is 5.82. The van der Waals surface area contributed by atoms with Crippen molar-refractivity contribution in [2.45, 2.75) is 50.4 Å². The van der Waals surface area contributed by atoms with Crippen molar-refractivity contribution in [1.82, 2.24) is 4.90 Å². The van der Waals surface area contributed by atoms with E-state index in [0.29, 0.717) is 12.1 Å². The summed E-state index contributed by atoms with van der Waals surface area (Å²) in [5.74, 6) is 0.157. The van der Waals surface area contributed by atoms with Crippen LogP contribution in [0.4, 0.5) is 0 Å². The van der Waals surface area contributed by atoms with Crippen LogP contribution in [0.1, 0.15) is 36.8 Å². The Bertz CT molecular complexity index is 504. The van der Waals surface area contributed by atoms with Crippen molar-refractivity contribution in [1.29, 1.82) is 0 Å². The largest absolute Gasteiger partial charge is 0.409 e. The summed E-state index contributed by atoms with van der Waals surface area (Å²) in [5.41, 5.74) is 7.62. The van der Waals surface area contributed by atoms with Gasteiger partial charge in [-0.1, -0.05) is 29.4 Å². The van der Waals surface area contributed by atoms with E-state index in [9.17, 15) is 5.11 Å². The maximum absolute atomic E-state index is 9.86. The summed E-state index contributed by atoms with van der Waals surface area (Å²) in [6, 6.07) is 8.70. The number of nitrogens with zero attached hydrogens (tertiary/aromatic N) is 2. The van der Waals surface area contributed by atoms with E-state index in [-0.39, 0.29) is 11.9 Å². The molecule has 108 valence electrons. The standard InChI is InChI=1S/C15H21N3O2/c16-15(17-20)14-4-2-1-3-10(14)9-18-11-5-6-12(18)8-13(19)7-11/h1-4,11-13,19-20H,5-9H2,(H2,16,17). The smallest absolute Gasteiger partial charge is 0.170 e. The molecule has 2 unspecified atom stereocenters. The number of piperidine rings is 1. The van der Waals surface area contributed by atoms with E-state index in [4.69, 9.17) is 10.9 Å². The average molecular weight is 275 g/mol. The van der Waals surface area contributed by atoms with Gasteiger partial charge >= 0.3 is 0 Å². The van der Waals surface area contributed by atoms with Gasteiger partial charge in [0.25, 0.3) is 0 Å². The highest BCUT2D eigenvalue weighted by Gasteiger charge is 2.40. The number of aliphatic hydroxyl groups excluding tert-OH is 1. The normalized spacial score (nSPS) is 30.6. The first kappa shape index (κ1) is 13.4. The number of fused-ring (bicyclic) bond motifs is 2. The predicted molar refractivity (Wildman–Crippen MR) is 76.5 cm³/mol. The quantitative estimate of drug-likeness (QED) is 0.336. The van der Waals surface area contributed by atoms with Crippen molar-refractivity contribution in [2.75, 3.05) is 0 Å². The van der Waals surface area contributed by atoms with Gasteiger partial charge in [0.15, 0.2) is 5.84 Å². The van der Waals surface area contributed by atoms with Gasteiger partial charge in [0.1, 0.15) is 0 Å². The van der Waals surface area contributed by atoms with Gasteiger partial charge in [-0.2, -0.15) is 0 Å². The average Bonchev–Trinajstić information content (AvgIpc) is 2.70. The zero-order valence-corrected chi connectivity index (χ0v) is 11.4. The molecular weight excluding hydrogens is 254 g/mol. The van der Waals surface area contributed by atoms with E-state index < -0.39 is 0 Å². The van der Waals surface area contributed by atoms with E-state index in [2.05, 4.69) is 10.1 Å². The van der Waals surface area contributed by atoms with E-state index in [1.807, 2.05) is 24.3 Å². The monoisotopic (exact) mass is 275 g/mol. The van der Waals surface area contributed by atoms with Crippen LogP contribution in [0.15, 0.2) is 29.4 Å². The van der Waals surface area contributed by atoms with Crippen molar-refractivity contribution < 1.29 is 10.3 Å². The zero-order valence-electron chi connectivity index (χ0n) is 11.4. The topological polar surface area (TPSA) is 82.1 Å². The van der Waals surface area contributed by atoms with Gasteiger partial charge in [-0.3, -0.25) is 4.90 Å². The number of nitrogens with two attached hydrogens (primary N) is 1. The summed E-state index contributed by atoms with van der Waals surface area (Å²) in [4.78, 5) is 2.47. The van der Waals surface area contributed by atoms with Gasteiger partial charge in [-0.15, -0.1) is 0 Å². The van der Waals surface area contributed by atoms with Gasteiger partial charge in [-0.25, -0.2) is 0 Å². The lowest BCUT2D eigenvalue weighted by molar-refractivity contribution is 0.0310. The first-order chi connectivity index (χ1) is 9.69. The highest BCUT2D eigenvalue weighted by Crippen LogP contribution is 2.37. The molecule has 5 nitrogen and oxygen atoms in total. The Balaban J connectivity index is 1.82. The Morgan fingerprint density at radius 3 is 2.55 bits per heavy atom. The minimum absolute atomic E-state index is 0.150. The minimum atomic E-state index is -0.150. The predicted octanol–water partition coefficient (Wildman–Crippen LogP) is 1.27. The lowest BCUT2D eigenvalue weighted by Gasteiger charge is -2.37. The molecule has 20 heavy (non-hydrogen) atoms. The Labute approximate surface area is 118 Å². The molecule has 2 bridgehead atoms. The molecule has 2 saturated heterocycles.